The smallest absolute Gasteiger partial charge is 0.347 e. The Hall–Kier alpha value is -3.33. The molecule has 1 aromatic heterocycles. The minimum Gasteiger partial charge on any atom is -0.347 e. The van der Waals surface area contributed by atoms with Crippen molar-refractivity contribution in [2.24, 2.45) is 0 Å². The van der Waals surface area contributed by atoms with Crippen molar-refractivity contribution in [2.45, 2.75) is 63.8 Å². The molecule has 3 heterocycles. The first kappa shape index (κ1) is 27.2. The van der Waals surface area contributed by atoms with Gasteiger partial charge in [-0.1, -0.05) is 24.8 Å². The maximum Gasteiger partial charge on any atom is 0.416 e. The summed E-state index contributed by atoms with van der Waals surface area (Å²) in [5.74, 6) is 0.486. The lowest BCUT2D eigenvalue weighted by atomic mass is 9.93. The molecule has 0 saturated carbocycles. The predicted octanol–water partition coefficient (Wildman–Crippen LogP) is 6.35. The summed E-state index contributed by atoms with van der Waals surface area (Å²) in [6.45, 7) is 11.6. The number of alkyl halides is 3. The molecule has 2 aliphatic heterocycles. The molecule has 6 nitrogen and oxygen atoms in total. The van der Waals surface area contributed by atoms with Crippen molar-refractivity contribution in [3.63, 3.8) is 0 Å². The minimum absolute atomic E-state index is 0.0307. The van der Waals surface area contributed by atoms with Crippen LogP contribution in [0.25, 0.3) is 11.0 Å². The molecule has 1 N–H and O–H groups in total. The molecule has 1 amide bonds. The summed E-state index contributed by atoms with van der Waals surface area (Å²) in [6, 6.07) is 11.7. The van der Waals surface area contributed by atoms with Crippen LogP contribution >= 0.6 is 0 Å². The largest absolute Gasteiger partial charge is 0.416 e. The molecule has 0 unspecified atom stereocenters. The van der Waals surface area contributed by atoms with Crippen LogP contribution < -0.4 is 5.32 Å². The first-order valence-electron chi connectivity index (χ1n) is 13.7. The number of rotatable bonds is 7. The number of imidazole rings is 1. The van der Waals surface area contributed by atoms with E-state index in [9.17, 15) is 18.0 Å². The highest BCUT2D eigenvalue weighted by Gasteiger charge is 2.34. The second-order valence-electron chi connectivity index (χ2n) is 11.2. The third kappa shape index (κ3) is 5.83. The van der Waals surface area contributed by atoms with Gasteiger partial charge in [-0.2, -0.15) is 13.2 Å². The highest BCUT2D eigenvalue weighted by molar-refractivity contribution is 5.87. The van der Waals surface area contributed by atoms with E-state index in [1.54, 1.807) is 11.0 Å². The van der Waals surface area contributed by atoms with Crippen molar-refractivity contribution in [1.29, 1.82) is 0 Å². The minimum atomic E-state index is -4.42. The quantitative estimate of drug-likeness (QED) is 0.356. The number of hydrogen-bond acceptors (Lipinski definition) is 4. The number of hydrogen-bond donors (Lipinski definition) is 1. The van der Waals surface area contributed by atoms with Crippen molar-refractivity contribution in [3.05, 3.63) is 71.8 Å². The van der Waals surface area contributed by atoms with E-state index in [0.29, 0.717) is 24.6 Å². The molecule has 5 rings (SSSR count). The van der Waals surface area contributed by atoms with Gasteiger partial charge in [0.25, 0.3) is 0 Å². The van der Waals surface area contributed by atoms with Crippen LogP contribution in [0.4, 0.5) is 19.1 Å². The number of carbonyl (C=O) groups is 1. The number of likely N-dealkylation sites (tertiary alicyclic amines) is 2. The van der Waals surface area contributed by atoms with Gasteiger partial charge in [-0.3, -0.25) is 9.69 Å². The van der Waals surface area contributed by atoms with Gasteiger partial charge >= 0.3 is 6.18 Å². The predicted molar refractivity (Wildman–Crippen MR) is 147 cm³/mol. The lowest BCUT2D eigenvalue weighted by Crippen LogP contribution is -2.40. The number of amides is 1. The van der Waals surface area contributed by atoms with Crippen LogP contribution in [-0.2, 0) is 23.1 Å². The molecular weight excluding hydrogens is 503 g/mol. The monoisotopic (exact) mass is 539 g/mol. The van der Waals surface area contributed by atoms with Gasteiger partial charge < -0.3 is 14.8 Å². The van der Waals surface area contributed by atoms with Crippen molar-refractivity contribution >= 4 is 22.9 Å². The van der Waals surface area contributed by atoms with E-state index >= 15 is 0 Å². The second-order valence-corrected chi connectivity index (χ2v) is 11.2. The number of benzene rings is 2. The Morgan fingerprint density at radius 3 is 2.54 bits per heavy atom. The normalized spacial score (nSPS) is 19.0. The van der Waals surface area contributed by atoms with Crippen LogP contribution in [0.3, 0.4) is 0 Å². The lowest BCUT2D eigenvalue weighted by molar-refractivity contribution is -0.137. The van der Waals surface area contributed by atoms with E-state index in [2.05, 4.69) is 39.6 Å². The molecule has 9 heteroatoms. The van der Waals surface area contributed by atoms with E-state index in [4.69, 9.17) is 4.98 Å². The SMILES string of the molecule is C=CC(=O)N1CCC[C@@H](n2c(NC(C)(C)c3cccc(C(F)(F)F)c3)nc3cc(CN4CCCC4)ccc32)C1. The molecular formula is C30H36F3N5O. The van der Waals surface area contributed by atoms with Gasteiger partial charge in [0.05, 0.1) is 28.2 Å². The van der Waals surface area contributed by atoms with Crippen molar-refractivity contribution < 1.29 is 18.0 Å². The number of anilines is 1. The molecule has 0 aliphatic carbocycles. The molecule has 208 valence electrons. The van der Waals surface area contributed by atoms with Crippen LogP contribution in [0.1, 0.15) is 62.3 Å². The highest BCUT2D eigenvalue weighted by Crippen LogP contribution is 2.36. The Labute approximate surface area is 227 Å². The molecule has 0 bridgehead atoms. The maximum absolute atomic E-state index is 13.5. The first-order valence-corrected chi connectivity index (χ1v) is 13.7. The van der Waals surface area contributed by atoms with Gasteiger partial charge in [-0.15, -0.1) is 0 Å². The number of aromatic nitrogens is 2. The summed E-state index contributed by atoms with van der Waals surface area (Å²) in [5, 5.41) is 3.47. The van der Waals surface area contributed by atoms with Crippen molar-refractivity contribution in [3.8, 4) is 0 Å². The number of halogens is 3. The zero-order valence-corrected chi connectivity index (χ0v) is 22.6. The summed E-state index contributed by atoms with van der Waals surface area (Å²) in [7, 11) is 0. The fourth-order valence-electron chi connectivity index (χ4n) is 5.83. The summed E-state index contributed by atoms with van der Waals surface area (Å²) < 4.78 is 42.5. The fourth-order valence-corrected chi connectivity index (χ4v) is 5.83. The molecule has 39 heavy (non-hydrogen) atoms. The molecule has 3 aromatic rings. The lowest BCUT2D eigenvalue weighted by Gasteiger charge is -2.35. The van der Waals surface area contributed by atoms with E-state index < -0.39 is 17.3 Å². The van der Waals surface area contributed by atoms with E-state index in [1.165, 1.54) is 36.6 Å². The summed E-state index contributed by atoms with van der Waals surface area (Å²) in [5.41, 5.74) is 1.95. The van der Waals surface area contributed by atoms with Crippen molar-refractivity contribution in [2.75, 3.05) is 31.5 Å². The molecule has 2 fully saturated rings. The molecule has 2 aliphatic rings. The number of nitrogens with zero attached hydrogens (tertiary/aromatic N) is 4. The molecule has 2 saturated heterocycles. The Bertz CT molecular complexity index is 1360. The van der Waals surface area contributed by atoms with Gasteiger partial charge in [0.2, 0.25) is 11.9 Å². The fraction of sp³-hybridized carbons (Fsp3) is 0.467. The third-order valence-corrected chi connectivity index (χ3v) is 7.94. The Morgan fingerprint density at radius 1 is 1.08 bits per heavy atom. The summed E-state index contributed by atoms with van der Waals surface area (Å²) in [6.07, 6.45) is 1.06. The number of carbonyl (C=O) groups excluding carboxylic acids is 1. The van der Waals surface area contributed by atoms with Crippen LogP contribution in [0.15, 0.2) is 55.1 Å². The molecule has 1 atom stereocenters. The third-order valence-electron chi connectivity index (χ3n) is 7.94. The zero-order valence-electron chi connectivity index (χ0n) is 22.6. The molecule has 0 spiro atoms. The number of piperidine rings is 1. The van der Waals surface area contributed by atoms with Gasteiger partial charge in [0, 0.05) is 19.6 Å². The summed E-state index contributed by atoms with van der Waals surface area (Å²) in [4.78, 5) is 21.7. The first-order chi connectivity index (χ1) is 18.5. The van der Waals surface area contributed by atoms with Gasteiger partial charge in [0.1, 0.15) is 0 Å². The van der Waals surface area contributed by atoms with Gasteiger partial charge in [0.15, 0.2) is 0 Å². The second kappa shape index (κ2) is 10.7. The van der Waals surface area contributed by atoms with E-state index in [1.807, 2.05) is 13.8 Å². The van der Waals surface area contributed by atoms with E-state index in [-0.39, 0.29) is 11.9 Å². The van der Waals surface area contributed by atoms with Gasteiger partial charge in [-0.25, -0.2) is 4.98 Å². The standard InChI is InChI=1S/C30H36F3N5O/c1-4-27(39)37-16-8-11-24(20-37)38-26-13-12-21(19-36-14-5-6-15-36)17-25(26)34-28(38)35-29(2,3)22-9-7-10-23(18-22)30(31,32)33/h4,7,9-10,12-13,17-18,24H,1,5-6,8,11,14-16,19-20H2,2-3H3,(H,34,35)/t24-/m1/s1. The van der Waals surface area contributed by atoms with Crippen LogP contribution in [0, 0.1) is 0 Å². The van der Waals surface area contributed by atoms with Gasteiger partial charge in [-0.05, 0) is 94.1 Å². The Kier molecular flexibility index (Phi) is 7.46. The average Bonchev–Trinajstić information content (AvgIpc) is 3.54. The number of nitrogens with one attached hydrogen (secondary N) is 1. The highest BCUT2D eigenvalue weighted by atomic mass is 19.4. The van der Waals surface area contributed by atoms with Crippen LogP contribution in [0.5, 0.6) is 0 Å². The topological polar surface area (TPSA) is 53.4 Å². The van der Waals surface area contributed by atoms with Crippen LogP contribution in [-0.4, -0.2) is 51.4 Å². The van der Waals surface area contributed by atoms with Crippen molar-refractivity contribution in [1.82, 2.24) is 19.4 Å². The molecule has 2 aromatic carbocycles. The zero-order chi connectivity index (χ0) is 27.8. The maximum atomic E-state index is 13.5. The van der Waals surface area contributed by atoms with E-state index in [0.717, 1.165) is 49.6 Å². The van der Waals surface area contributed by atoms with Crippen LogP contribution in [0.2, 0.25) is 0 Å². The Morgan fingerprint density at radius 2 is 1.82 bits per heavy atom. The number of fused-ring (bicyclic) bond motifs is 1. The Balaban J connectivity index is 1.53. The summed E-state index contributed by atoms with van der Waals surface area (Å²) >= 11 is 0. The average molecular weight is 540 g/mol. The molecule has 0 radical (unpaired) electrons.